The molecule has 0 fully saturated rings. The van der Waals surface area contributed by atoms with Crippen LogP contribution in [-0.4, -0.2) is 17.6 Å². The molecule has 2 aromatic rings. The zero-order valence-electron chi connectivity index (χ0n) is 11.6. The Labute approximate surface area is 117 Å². The molecule has 0 unspecified atom stereocenters. The standard InChI is InChI=1S/C16H16N2O2/c1-11-16(12(2)20-17-11)13-6-8-14(9-7-13)18-10-4-3-5-15(18)19/h3,5-9H,4,10H2,1-2H3. The van der Waals surface area contributed by atoms with Gasteiger partial charge in [0.2, 0.25) is 0 Å². The number of amides is 1. The summed E-state index contributed by atoms with van der Waals surface area (Å²) < 4.78 is 5.19. The Morgan fingerprint density at radius 1 is 1.20 bits per heavy atom. The lowest BCUT2D eigenvalue weighted by Gasteiger charge is -2.23. The number of nitrogens with zero attached hydrogens (tertiary/aromatic N) is 2. The van der Waals surface area contributed by atoms with Gasteiger partial charge in [-0.2, -0.15) is 0 Å². The van der Waals surface area contributed by atoms with Gasteiger partial charge >= 0.3 is 0 Å². The Kier molecular flexibility index (Phi) is 3.14. The number of hydrogen-bond acceptors (Lipinski definition) is 3. The SMILES string of the molecule is Cc1noc(C)c1-c1ccc(N2CCC=CC2=O)cc1. The highest BCUT2D eigenvalue weighted by atomic mass is 16.5. The maximum absolute atomic E-state index is 11.8. The monoisotopic (exact) mass is 268 g/mol. The molecule has 0 saturated heterocycles. The molecule has 1 aliphatic rings. The van der Waals surface area contributed by atoms with Crippen LogP contribution in [0.15, 0.2) is 40.9 Å². The third kappa shape index (κ3) is 2.13. The van der Waals surface area contributed by atoms with E-state index >= 15 is 0 Å². The molecule has 2 heterocycles. The fourth-order valence-corrected chi connectivity index (χ4v) is 2.55. The van der Waals surface area contributed by atoms with Gasteiger partial charge in [-0.1, -0.05) is 23.4 Å². The second-order valence-electron chi connectivity index (χ2n) is 4.93. The normalized spacial score (nSPS) is 14.9. The lowest BCUT2D eigenvalue weighted by molar-refractivity contribution is -0.114. The van der Waals surface area contributed by atoms with Crippen molar-refractivity contribution in [2.45, 2.75) is 20.3 Å². The average molecular weight is 268 g/mol. The van der Waals surface area contributed by atoms with E-state index in [2.05, 4.69) is 5.16 Å². The molecule has 1 amide bonds. The predicted molar refractivity (Wildman–Crippen MR) is 77.5 cm³/mol. The predicted octanol–water partition coefficient (Wildman–Crippen LogP) is 3.25. The van der Waals surface area contributed by atoms with Gasteiger partial charge in [0.25, 0.3) is 5.91 Å². The van der Waals surface area contributed by atoms with Crippen LogP contribution < -0.4 is 4.90 Å². The number of carbonyl (C=O) groups excluding carboxylic acids is 1. The maximum atomic E-state index is 11.8. The third-order valence-electron chi connectivity index (χ3n) is 3.55. The van der Waals surface area contributed by atoms with E-state index in [0.717, 1.165) is 41.2 Å². The van der Waals surface area contributed by atoms with Crippen LogP contribution in [0.3, 0.4) is 0 Å². The van der Waals surface area contributed by atoms with Crippen LogP contribution in [0, 0.1) is 13.8 Å². The number of carbonyl (C=O) groups is 1. The molecule has 0 bridgehead atoms. The van der Waals surface area contributed by atoms with E-state index < -0.39 is 0 Å². The van der Waals surface area contributed by atoms with E-state index in [1.807, 2.05) is 44.2 Å². The summed E-state index contributed by atoms with van der Waals surface area (Å²) >= 11 is 0. The summed E-state index contributed by atoms with van der Waals surface area (Å²) in [6.45, 7) is 4.57. The van der Waals surface area contributed by atoms with Crippen LogP contribution in [-0.2, 0) is 4.79 Å². The average Bonchev–Trinajstić information content (AvgIpc) is 2.79. The molecular weight excluding hydrogens is 252 g/mol. The van der Waals surface area contributed by atoms with Crippen molar-refractivity contribution in [2.75, 3.05) is 11.4 Å². The Balaban J connectivity index is 1.92. The van der Waals surface area contributed by atoms with Crippen LogP contribution in [0.25, 0.3) is 11.1 Å². The summed E-state index contributed by atoms with van der Waals surface area (Å²) in [5.41, 5.74) is 3.90. The maximum Gasteiger partial charge on any atom is 0.250 e. The van der Waals surface area contributed by atoms with Gasteiger partial charge < -0.3 is 9.42 Å². The van der Waals surface area contributed by atoms with Gasteiger partial charge in [0.15, 0.2) is 0 Å². The van der Waals surface area contributed by atoms with Gasteiger partial charge in [-0.05, 0) is 44.0 Å². The van der Waals surface area contributed by atoms with E-state index in [1.54, 1.807) is 11.0 Å². The first-order chi connectivity index (χ1) is 9.66. The largest absolute Gasteiger partial charge is 0.361 e. The Bertz CT molecular complexity index is 649. The van der Waals surface area contributed by atoms with E-state index in [4.69, 9.17) is 4.52 Å². The molecule has 1 aromatic carbocycles. The van der Waals surface area contributed by atoms with Gasteiger partial charge in [0.1, 0.15) is 5.76 Å². The fraction of sp³-hybridized carbons (Fsp3) is 0.250. The van der Waals surface area contributed by atoms with Crippen LogP contribution in [0.5, 0.6) is 0 Å². The van der Waals surface area contributed by atoms with Gasteiger partial charge in [0, 0.05) is 17.8 Å². The summed E-state index contributed by atoms with van der Waals surface area (Å²) in [6.07, 6.45) is 4.44. The second-order valence-corrected chi connectivity index (χ2v) is 4.93. The van der Waals surface area contributed by atoms with Crippen LogP contribution in [0.4, 0.5) is 5.69 Å². The molecule has 0 atom stereocenters. The van der Waals surface area contributed by atoms with Gasteiger partial charge in [-0.15, -0.1) is 0 Å². The number of aromatic nitrogens is 1. The fourth-order valence-electron chi connectivity index (χ4n) is 2.55. The van der Waals surface area contributed by atoms with Crippen molar-refractivity contribution in [1.29, 1.82) is 0 Å². The molecule has 0 saturated carbocycles. The van der Waals surface area contributed by atoms with E-state index in [-0.39, 0.29) is 5.91 Å². The Morgan fingerprint density at radius 3 is 2.55 bits per heavy atom. The smallest absolute Gasteiger partial charge is 0.250 e. The molecular formula is C16H16N2O2. The number of aryl methyl sites for hydroxylation is 2. The van der Waals surface area contributed by atoms with Crippen molar-refractivity contribution in [2.24, 2.45) is 0 Å². The number of benzene rings is 1. The van der Waals surface area contributed by atoms with Crippen LogP contribution in [0.1, 0.15) is 17.9 Å². The molecule has 4 heteroatoms. The van der Waals surface area contributed by atoms with Gasteiger partial charge in [0.05, 0.1) is 5.69 Å². The summed E-state index contributed by atoms with van der Waals surface area (Å²) in [5, 5.41) is 3.97. The molecule has 0 N–H and O–H groups in total. The Hall–Kier alpha value is -2.36. The molecule has 0 spiro atoms. The first kappa shape index (κ1) is 12.7. The summed E-state index contributed by atoms with van der Waals surface area (Å²) in [4.78, 5) is 13.6. The molecule has 1 aliphatic heterocycles. The molecule has 1 aromatic heterocycles. The van der Waals surface area contributed by atoms with Crippen LogP contribution in [0.2, 0.25) is 0 Å². The molecule has 0 radical (unpaired) electrons. The highest BCUT2D eigenvalue weighted by molar-refractivity contribution is 6.02. The second kappa shape index (κ2) is 4.96. The zero-order valence-corrected chi connectivity index (χ0v) is 11.6. The van der Waals surface area contributed by atoms with Crippen molar-refractivity contribution in [1.82, 2.24) is 5.16 Å². The summed E-state index contributed by atoms with van der Waals surface area (Å²) in [5.74, 6) is 0.855. The highest BCUT2D eigenvalue weighted by Gasteiger charge is 2.16. The summed E-state index contributed by atoms with van der Waals surface area (Å²) in [7, 11) is 0. The highest BCUT2D eigenvalue weighted by Crippen LogP contribution is 2.29. The minimum absolute atomic E-state index is 0.0429. The number of rotatable bonds is 2. The van der Waals surface area contributed by atoms with Crippen LogP contribution >= 0.6 is 0 Å². The minimum Gasteiger partial charge on any atom is -0.361 e. The van der Waals surface area contributed by atoms with Crippen molar-refractivity contribution in [3.05, 3.63) is 47.9 Å². The molecule has 102 valence electrons. The lowest BCUT2D eigenvalue weighted by atomic mass is 10.0. The van der Waals surface area contributed by atoms with E-state index in [9.17, 15) is 4.79 Å². The first-order valence-electron chi connectivity index (χ1n) is 6.68. The van der Waals surface area contributed by atoms with Gasteiger partial charge in [-0.25, -0.2) is 0 Å². The number of anilines is 1. The topological polar surface area (TPSA) is 46.3 Å². The number of hydrogen-bond donors (Lipinski definition) is 0. The summed E-state index contributed by atoms with van der Waals surface area (Å²) in [6, 6.07) is 7.96. The van der Waals surface area contributed by atoms with Crippen molar-refractivity contribution in [3.63, 3.8) is 0 Å². The molecule has 20 heavy (non-hydrogen) atoms. The molecule has 4 nitrogen and oxygen atoms in total. The quantitative estimate of drug-likeness (QED) is 0.840. The van der Waals surface area contributed by atoms with Gasteiger partial charge in [-0.3, -0.25) is 4.79 Å². The third-order valence-corrected chi connectivity index (χ3v) is 3.55. The van der Waals surface area contributed by atoms with Crippen molar-refractivity contribution in [3.8, 4) is 11.1 Å². The van der Waals surface area contributed by atoms with E-state index in [0.29, 0.717) is 0 Å². The first-order valence-corrected chi connectivity index (χ1v) is 6.68. The zero-order chi connectivity index (χ0) is 14.1. The minimum atomic E-state index is 0.0429. The molecule has 0 aliphatic carbocycles. The molecule has 3 rings (SSSR count). The van der Waals surface area contributed by atoms with E-state index in [1.165, 1.54) is 0 Å². The Morgan fingerprint density at radius 2 is 1.95 bits per heavy atom. The van der Waals surface area contributed by atoms with Crippen molar-refractivity contribution >= 4 is 11.6 Å². The lowest BCUT2D eigenvalue weighted by Crippen LogP contribution is -2.32. The van der Waals surface area contributed by atoms with Crippen molar-refractivity contribution < 1.29 is 9.32 Å².